The van der Waals surface area contributed by atoms with Gasteiger partial charge in [-0.05, 0) is 40.8 Å². The molecule has 1 atom stereocenters. The number of benzene rings is 3. The van der Waals surface area contributed by atoms with Crippen LogP contribution in [0, 0.1) is 0 Å². The first-order valence-electron chi connectivity index (χ1n) is 8.25. The topological polar surface area (TPSA) is 48.0 Å². The van der Waals surface area contributed by atoms with Crippen molar-refractivity contribution in [1.82, 2.24) is 4.57 Å². The summed E-state index contributed by atoms with van der Waals surface area (Å²) in [5.41, 5.74) is 9.69. The van der Waals surface area contributed by atoms with Gasteiger partial charge < -0.3 is 10.3 Å². The molecule has 4 rings (SSSR count). The Balaban J connectivity index is 1.73. The van der Waals surface area contributed by atoms with Crippen LogP contribution < -0.4 is 5.73 Å². The van der Waals surface area contributed by atoms with Gasteiger partial charge in [0.25, 0.3) is 0 Å². The highest BCUT2D eigenvalue weighted by Crippen LogP contribution is 2.26. The molecule has 2 N–H and O–H groups in total. The van der Waals surface area contributed by atoms with Crippen LogP contribution in [0.2, 0.25) is 0 Å². The van der Waals surface area contributed by atoms with Gasteiger partial charge in [-0.1, -0.05) is 60.7 Å². The molecule has 0 saturated carbocycles. The molecule has 1 aromatic heterocycles. The lowest BCUT2D eigenvalue weighted by Crippen LogP contribution is -2.22. The first-order chi connectivity index (χ1) is 12.2. The summed E-state index contributed by atoms with van der Waals surface area (Å²) < 4.78 is 2.14. The second-order valence-corrected chi connectivity index (χ2v) is 6.08. The quantitative estimate of drug-likeness (QED) is 0.599. The lowest BCUT2D eigenvalue weighted by atomic mass is 9.90. The molecule has 0 radical (unpaired) electrons. The smallest absolute Gasteiger partial charge is 0.229 e. The van der Waals surface area contributed by atoms with Crippen molar-refractivity contribution in [2.45, 2.75) is 5.92 Å². The van der Waals surface area contributed by atoms with Gasteiger partial charge in [-0.2, -0.15) is 0 Å². The van der Waals surface area contributed by atoms with Gasteiger partial charge >= 0.3 is 0 Å². The summed E-state index contributed by atoms with van der Waals surface area (Å²) in [7, 11) is 0. The van der Waals surface area contributed by atoms with Gasteiger partial charge in [-0.3, -0.25) is 4.79 Å². The lowest BCUT2D eigenvalue weighted by molar-refractivity contribution is -0.118. The Morgan fingerprint density at radius 3 is 2.12 bits per heavy atom. The Morgan fingerprint density at radius 1 is 0.760 bits per heavy atom. The third kappa shape index (κ3) is 2.81. The molecule has 3 nitrogen and oxygen atoms in total. The van der Waals surface area contributed by atoms with Gasteiger partial charge in [0.15, 0.2) is 0 Å². The molecule has 0 aliphatic carbocycles. The van der Waals surface area contributed by atoms with Crippen molar-refractivity contribution in [2.24, 2.45) is 5.73 Å². The highest BCUT2D eigenvalue weighted by atomic mass is 16.1. The molecule has 4 aromatic rings. The fraction of sp³-hybridized carbons (Fsp3) is 0.0455. The number of hydrogen-bond acceptors (Lipinski definition) is 1. The number of carbonyl (C=O) groups is 1. The fourth-order valence-electron chi connectivity index (χ4n) is 3.30. The minimum Gasteiger partial charge on any atom is -0.369 e. The van der Waals surface area contributed by atoms with Crippen molar-refractivity contribution in [3.8, 4) is 5.69 Å². The number of amides is 1. The van der Waals surface area contributed by atoms with Gasteiger partial charge in [0.2, 0.25) is 5.91 Å². The Hall–Kier alpha value is -3.33. The van der Waals surface area contributed by atoms with E-state index in [1.165, 1.54) is 5.39 Å². The molecule has 3 aromatic carbocycles. The maximum atomic E-state index is 12.0. The second kappa shape index (κ2) is 6.29. The number of hydrogen-bond donors (Lipinski definition) is 1. The Morgan fingerprint density at radius 2 is 1.40 bits per heavy atom. The van der Waals surface area contributed by atoms with E-state index in [-0.39, 0.29) is 5.91 Å². The lowest BCUT2D eigenvalue weighted by Gasteiger charge is -2.15. The monoisotopic (exact) mass is 326 g/mol. The average molecular weight is 326 g/mol. The SMILES string of the molecule is NC(=O)C(c1ccccc1)c1ccc(-n2ccc3ccccc32)cc1. The fourth-order valence-corrected chi connectivity index (χ4v) is 3.30. The molecule has 0 aliphatic heterocycles. The summed E-state index contributed by atoms with van der Waals surface area (Å²) in [6.45, 7) is 0. The van der Waals surface area contributed by atoms with Crippen LogP contribution in [0.5, 0.6) is 0 Å². The van der Waals surface area contributed by atoms with Crippen LogP contribution in [-0.4, -0.2) is 10.5 Å². The first kappa shape index (κ1) is 15.2. The molecule has 0 fully saturated rings. The van der Waals surface area contributed by atoms with Crippen LogP contribution >= 0.6 is 0 Å². The number of nitrogens with two attached hydrogens (primary N) is 1. The molecule has 25 heavy (non-hydrogen) atoms. The van der Waals surface area contributed by atoms with E-state index >= 15 is 0 Å². The number of rotatable bonds is 4. The van der Waals surface area contributed by atoms with E-state index in [2.05, 4.69) is 29.0 Å². The molecule has 0 aliphatic rings. The van der Waals surface area contributed by atoms with Gasteiger partial charge in [0.1, 0.15) is 0 Å². The van der Waals surface area contributed by atoms with E-state index in [9.17, 15) is 4.79 Å². The molecule has 3 heteroatoms. The Kier molecular flexibility index (Phi) is 3.82. The van der Waals surface area contributed by atoms with Crippen molar-refractivity contribution in [3.63, 3.8) is 0 Å². The van der Waals surface area contributed by atoms with E-state index in [1.54, 1.807) is 0 Å². The maximum Gasteiger partial charge on any atom is 0.229 e. The predicted molar refractivity (Wildman–Crippen MR) is 101 cm³/mol. The van der Waals surface area contributed by atoms with Crippen LogP contribution in [0.15, 0.2) is 91.1 Å². The van der Waals surface area contributed by atoms with Crippen molar-refractivity contribution >= 4 is 16.8 Å². The summed E-state index contributed by atoms with van der Waals surface area (Å²) in [5, 5.41) is 1.20. The van der Waals surface area contributed by atoms with Crippen LogP contribution in [0.4, 0.5) is 0 Å². The number of fused-ring (bicyclic) bond motifs is 1. The molecule has 122 valence electrons. The highest BCUT2D eigenvalue weighted by molar-refractivity contribution is 5.86. The molecule has 0 bridgehead atoms. The molecule has 1 amide bonds. The van der Waals surface area contributed by atoms with Crippen LogP contribution in [0.25, 0.3) is 16.6 Å². The second-order valence-electron chi connectivity index (χ2n) is 6.08. The summed E-state index contributed by atoms with van der Waals surface area (Å²) >= 11 is 0. The van der Waals surface area contributed by atoms with E-state index in [0.29, 0.717) is 0 Å². The number of primary amides is 1. The van der Waals surface area contributed by atoms with Crippen LogP contribution in [0.3, 0.4) is 0 Å². The van der Waals surface area contributed by atoms with Gasteiger partial charge in [-0.15, -0.1) is 0 Å². The van der Waals surface area contributed by atoms with E-state index in [0.717, 1.165) is 22.3 Å². The minimum atomic E-state index is -0.434. The van der Waals surface area contributed by atoms with Crippen LogP contribution in [0.1, 0.15) is 17.0 Å². The van der Waals surface area contributed by atoms with Gasteiger partial charge in [-0.25, -0.2) is 0 Å². The zero-order valence-corrected chi connectivity index (χ0v) is 13.7. The number of aromatic nitrogens is 1. The van der Waals surface area contributed by atoms with E-state index < -0.39 is 5.92 Å². The zero-order valence-electron chi connectivity index (χ0n) is 13.7. The first-order valence-corrected chi connectivity index (χ1v) is 8.25. The standard InChI is InChI=1S/C22H18N2O/c23-22(25)21(17-7-2-1-3-8-17)18-10-12-19(13-11-18)24-15-14-16-6-4-5-9-20(16)24/h1-15,21H,(H2,23,25). The summed E-state index contributed by atoms with van der Waals surface area (Å²) in [6.07, 6.45) is 2.06. The maximum absolute atomic E-state index is 12.0. The number of nitrogens with zero attached hydrogens (tertiary/aromatic N) is 1. The zero-order chi connectivity index (χ0) is 17.2. The largest absolute Gasteiger partial charge is 0.369 e. The number of carbonyl (C=O) groups excluding carboxylic acids is 1. The molecule has 0 saturated heterocycles. The summed E-state index contributed by atoms with van der Waals surface area (Å²) in [6, 6.07) is 28.0. The number of para-hydroxylation sites is 1. The molecular formula is C22H18N2O. The molecule has 1 heterocycles. The Labute approximate surface area is 146 Å². The van der Waals surface area contributed by atoms with Crippen molar-refractivity contribution < 1.29 is 4.79 Å². The van der Waals surface area contributed by atoms with Crippen LogP contribution in [-0.2, 0) is 4.79 Å². The minimum absolute atomic E-state index is 0.342. The van der Waals surface area contributed by atoms with E-state index in [4.69, 9.17) is 5.73 Å². The third-order valence-corrected chi connectivity index (χ3v) is 4.52. The van der Waals surface area contributed by atoms with Crippen molar-refractivity contribution in [1.29, 1.82) is 0 Å². The molecular weight excluding hydrogens is 308 g/mol. The third-order valence-electron chi connectivity index (χ3n) is 4.52. The van der Waals surface area contributed by atoms with E-state index in [1.807, 2.05) is 66.7 Å². The summed E-state index contributed by atoms with van der Waals surface area (Å²) in [5.74, 6) is -0.776. The average Bonchev–Trinajstić information content (AvgIpc) is 3.07. The summed E-state index contributed by atoms with van der Waals surface area (Å²) in [4.78, 5) is 12.0. The van der Waals surface area contributed by atoms with Gasteiger partial charge in [0.05, 0.1) is 11.4 Å². The normalized spacial score (nSPS) is 12.2. The van der Waals surface area contributed by atoms with Crippen molar-refractivity contribution in [3.05, 3.63) is 102 Å². The molecule has 1 unspecified atom stereocenters. The van der Waals surface area contributed by atoms with Gasteiger partial charge in [0, 0.05) is 11.9 Å². The van der Waals surface area contributed by atoms with Crippen molar-refractivity contribution in [2.75, 3.05) is 0 Å². The highest BCUT2D eigenvalue weighted by Gasteiger charge is 2.19. The predicted octanol–water partition coefficient (Wildman–Crippen LogP) is 4.25. The molecule has 0 spiro atoms. The Bertz CT molecular complexity index is 1020.